The molecule has 0 saturated carbocycles. The zero-order valence-corrected chi connectivity index (χ0v) is 13.9. The Morgan fingerprint density at radius 1 is 1.33 bits per heavy atom. The first kappa shape index (κ1) is 16.3. The van der Waals surface area contributed by atoms with Crippen LogP contribution in [0.3, 0.4) is 0 Å². The summed E-state index contributed by atoms with van der Waals surface area (Å²) in [5.74, 6) is 0.788. The molecule has 0 aromatic carbocycles. The van der Waals surface area contributed by atoms with Gasteiger partial charge in [-0.3, -0.25) is 4.68 Å². The lowest BCUT2D eigenvalue weighted by atomic mass is 10.0. The van der Waals surface area contributed by atoms with Gasteiger partial charge in [0.1, 0.15) is 0 Å². The second-order valence-corrected chi connectivity index (χ2v) is 6.33. The molecule has 1 aromatic heterocycles. The molecule has 0 spiro atoms. The number of aromatic nitrogens is 2. The largest absolute Gasteiger partial charge is 0.493 e. The Kier molecular flexibility index (Phi) is 5.24. The van der Waals surface area contributed by atoms with Gasteiger partial charge >= 0.3 is 0 Å². The Morgan fingerprint density at radius 2 is 2.05 bits per heavy atom. The number of hydrogen-bond acceptors (Lipinski definition) is 5. The first-order valence-electron chi connectivity index (χ1n) is 7.71. The molecule has 1 saturated heterocycles. The van der Waals surface area contributed by atoms with Gasteiger partial charge in [-0.2, -0.15) is 5.10 Å². The minimum Gasteiger partial charge on any atom is -0.493 e. The van der Waals surface area contributed by atoms with Crippen LogP contribution in [0.1, 0.15) is 38.0 Å². The minimum atomic E-state index is -0.115. The van der Waals surface area contributed by atoms with E-state index in [0.29, 0.717) is 0 Å². The Hall–Kier alpha value is -1.11. The van der Waals surface area contributed by atoms with E-state index in [0.717, 1.165) is 31.1 Å². The highest BCUT2D eigenvalue weighted by atomic mass is 16.5. The van der Waals surface area contributed by atoms with E-state index in [-0.39, 0.29) is 18.1 Å². The zero-order chi connectivity index (χ0) is 15.6. The summed E-state index contributed by atoms with van der Waals surface area (Å²) >= 11 is 0. The van der Waals surface area contributed by atoms with Crippen molar-refractivity contribution in [3.8, 4) is 5.75 Å². The van der Waals surface area contributed by atoms with Crippen molar-refractivity contribution in [2.24, 2.45) is 5.73 Å². The summed E-state index contributed by atoms with van der Waals surface area (Å²) < 4.78 is 7.47. The fourth-order valence-corrected chi connectivity index (χ4v) is 3.12. The van der Waals surface area contributed by atoms with Crippen LogP contribution in [0.25, 0.3) is 0 Å². The molecule has 1 aromatic rings. The minimum absolute atomic E-state index is 0.115. The van der Waals surface area contributed by atoms with Crippen molar-refractivity contribution in [3.05, 3.63) is 11.9 Å². The van der Waals surface area contributed by atoms with Crippen LogP contribution >= 0.6 is 0 Å². The van der Waals surface area contributed by atoms with E-state index in [2.05, 4.69) is 42.8 Å². The van der Waals surface area contributed by atoms with Gasteiger partial charge in [-0.25, -0.2) is 0 Å². The maximum absolute atomic E-state index is 6.64. The summed E-state index contributed by atoms with van der Waals surface area (Å²) in [7, 11) is 6.00. The molecule has 0 amide bonds. The average molecular weight is 295 g/mol. The smallest absolute Gasteiger partial charge is 0.161 e. The molecule has 2 N–H and O–H groups in total. The number of likely N-dealkylation sites (N-methyl/N-ethyl adjacent to an activating group) is 2. The van der Waals surface area contributed by atoms with Crippen molar-refractivity contribution in [1.29, 1.82) is 0 Å². The molecule has 2 rings (SSSR count). The van der Waals surface area contributed by atoms with Crippen LogP contribution in [0.15, 0.2) is 6.20 Å². The lowest BCUT2D eigenvalue weighted by molar-refractivity contribution is 0.189. The van der Waals surface area contributed by atoms with Gasteiger partial charge in [0.15, 0.2) is 5.75 Å². The van der Waals surface area contributed by atoms with Gasteiger partial charge in [0.25, 0.3) is 0 Å². The van der Waals surface area contributed by atoms with Crippen LogP contribution in [0.2, 0.25) is 0 Å². The van der Waals surface area contributed by atoms with Gasteiger partial charge in [0.05, 0.1) is 25.0 Å². The van der Waals surface area contributed by atoms with E-state index >= 15 is 0 Å². The lowest BCUT2D eigenvalue weighted by Crippen LogP contribution is -2.46. The molecule has 1 aliphatic rings. The average Bonchev–Trinajstić information content (AvgIpc) is 2.80. The van der Waals surface area contributed by atoms with Gasteiger partial charge in [-0.15, -0.1) is 0 Å². The van der Waals surface area contributed by atoms with Crippen LogP contribution in [-0.4, -0.2) is 66.5 Å². The Bertz CT molecular complexity index is 459. The van der Waals surface area contributed by atoms with E-state index in [1.165, 1.54) is 6.42 Å². The predicted octanol–water partition coefficient (Wildman–Crippen LogP) is 1.11. The molecule has 6 nitrogen and oxygen atoms in total. The maximum atomic E-state index is 6.64. The summed E-state index contributed by atoms with van der Waals surface area (Å²) in [5, 5.41) is 4.45. The standard InChI is InChI=1S/C15H29N5O/c1-11(2)20-15(13(21-5)9-17-20)14(16)12-10-18(3)7-6-8-19(12)4/h9,11-12,14H,6-8,10,16H2,1-5H3. The fourth-order valence-electron chi connectivity index (χ4n) is 3.12. The van der Waals surface area contributed by atoms with Gasteiger partial charge in [0.2, 0.25) is 0 Å². The number of methoxy groups -OCH3 is 1. The van der Waals surface area contributed by atoms with Crippen LogP contribution in [0.4, 0.5) is 0 Å². The van der Waals surface area contributed by atoms with Crippen LogP contribution in [0, 0.1) is 0 Å². The molecule has 21 heavy (non-hydrogen) atoms. The molecular weight excluding hydrogens is 266 g/mol. The van der Waals surface area contributed by atoms with Crippen LogP contribution in [0.5, 0.6) is 5.75 Å². The quantitative estimate of drug-likeness (QED) is 0.901. The van der Waals surface area contributed by atoms with Gasteiger partial charge in [-0.1, -0.05) is 0 Å². The molecule has 0 bridgehead atoms. The predicted molar refractivity (Wildman–Crippen MR) is 84.6 cm³/mol. The summed E-state index contributed by atoms with van der Waals surface area (Å²) in [6.07, 6.45) is 2.95. The third kappa shape index (κ3) is 3.39. The number of ether oxygens (including phenoxy) is 1. The number of nitrogens with two attached hydrogens (primary N) is 1. The van der Waals surface area contributed by atoms with E-state index in [1.807, 2.05) is 4.68 Å². The molecule has 120 valence electrons. The molecule has 6 heteroatoms. The lowest BCUT2D eigenvalue weighted by Gasteiger charge is -2.33. The number of nitrogens with zero attached hydrogens (tertiary/aromatic N) is 4. The van der Waals surface area contributed by atoms with E-state index < -0.39 is 0 Å². The molecular formula is C15H29N5O. The third-order valence-electron chi connectivity index (χ3n) is 4.35. The van der Waals surface area contributed by atoms with Gasteiger partial charge in [-0.05, 0) is 47.5 Å². The summed E-state index contributed by atoms with van der Waals surface area (Å²) in [6, 6.07) is 0.416. The highest BCUT2D eigenvalue weighted by molar-refractivity contribution is 5.30. The van der Waals surface area contributed by atoms with Crippen LogP contribution in [-0.2, 0) is 0 Å². The SMILES string of the molecule is COc1cnn(C(C)C)c1C(N)C1CN(C)CCCN1C. The van der Waals surface area contributed by atoms with Crippen LogP contribution < -0.4 is 10.5 Å². The molecule has 1 aliphatic heterocycles. The maximum Gasteiger partial charge on any atom is 0.161 e. The monoisotopic (exact) mass is 295 g/mol. The Balaban J connectivity index is 2.33. The van der Waals surface area contributed by atoms with E-state index in [1.54, 1.807) is 13.3 Å². The topological polar surface area (TPSA) is 59.6 Å². The van der Waals surface area contributed by atoms with Crippen molar-refractivity contribution in [2.45, 2.75) is 38.4 Å². The summed E-state index contributed by atoms with van der Waals surface area (Å²) in [5.41, 5.74) is 7.64. The zero-order valence-electron chi connectivity index (χ0n) is 13.9. The molecule has 1 fully saturated rings. The molecule has 2 heterocycles. The van der Waals surface area contributed by atoms with Crippen molar-refractivity contribution in [2.75, 3.05) is 40.8 Å². The summed E-state index contributed by atoms with van der Waals surface area (Å²) in [6.45, 7) is 7.39. The second-order valence-electron chi connectivity index (χ2n) is 6.33. The number of hydrogen-bond donors (Lipinski definition) is 1. The van der Waals surface area contributed by atoms with Crippen molar-refractivity contribution in [3.63, 3.8) is 0 Å². The highest BCUT2D eigenvalue weighted by Crippen LogP contribution is 2.30. The second kappa shape index (κ2) is 6.77. The Labute approximate surface area is 127 Å². The van der Waals surface area contributed by atoms with Crippen molar-refractivity contribution in [1.82, 2.24) is 19.6 Å². The van der Waals surface area contributed by atoms with Crippen molar-refractivity contribution < 1.29 is 4.74 Å². The molecule has 2 atom stereocenters. The van der Waals surface area contributed by atoms with E-state index in [9.17, 15) is 0 Å². The number of rotatable bonds is 4. The normalized spacial score (nSPS) is 23.3. The fraction of sp³-hybridized carbons (Fsp3) is 0.800. The van der Waals surface area contributed by atoms with Gasteiger partial charge in [0, 0.05) is 18.6 Å². The summed E-state index contributed by atoms with van der Waals surface area (Å²) in [4.78, 5) is 4.72. The molecule has 2 unspecified atom stereocenters. The van der Waals surface area contributed by atoms with Crippen molar-refractivity contribution >= 4 is 0 Å². The highest BCUT2D eigenvalue weighted by Gasteiger charge is 2.32. The molecule has 0 aliphatic carbocycles. The first-order chi connectivity index (χ1) is 9.95. The molecule has 0 radical (unpaired) electrons. The van der Waals surface area contributed by atoms with Gasteiger partial charge < -0.3 is 20.3 Å². The Morgan fingerprint density at radius 3 is 2.67 bits per heavy atom. The first-order valence-corrected chi connectivity index (χ1v) is 7.71. The third-order valence-corrected chi connectivity index (χ3v) is 4.35. The van der Waals surface area contributed by atoms with E-state index in [4.69, 9.17) is 10.5 Å².